The maximum Gasteiger partial charge on any atom is 0.303 e. The second-order valence-corrected chi connectivity index (χ2v) is 8.69. The number of aliphatic carboxylic acids is 1. The van der Waals surface area contributed by atoms with E-state index in [0.717, 1.165) is 41.6 Å². The molecule has 178 valence electrons. The third-order valence-corrected chi connectivity index (χ3v) is 6.52. The molecule has 4 rings (SSSR count). The maximum atomic E-state index is 11.5. The molecule has 1 fully saturated rings. The average Bonchev–Trinajstić information content (AvgIpc) is 3.36. The van der Waals surface area contributed by atoms with Crippen LogP contribution in [0.5, 0.6) is 5.75 Å². The van der Waals surface area contributed by atoms with Crippen molar-refractivity contribution in [3.63, 3.8) is 0 Å². The minimum Gasteiger partial charge on any atom is -0.497 e. The van der Waals surface area contributed by atoms with Crippen molar-refractivity contribution in [3.05, 3.63) is 54.4 Å². The van der Waals surface area contributed by atoms with Crippen LogP contribution < -0.4 is 4.74 Å². The Balaban J connectivity index is 1.39. The van der Waals surface area contributed by atoms with Gasteiger partial charge >= 0.3 is 5.97 Å². The van der Waals surface area contributed by atoms with E-state index < -0.39 is 12.1 Å². The van der Waals surface area contributed by atoms with E-state index in [-0.39, 0.29) is 18.3 Å². The Morgan fingerprint density at radius 1 is 1.32 bits per heavy atom. The van der Waals surface area contributed by atoms with E-state index in [1.807, 2.05) is 24.3 Å². The standard InChI is InChI=1S/C26H29N3O5/c1-33-21-5-6-24-23(14-21)22(8-10-27-24)25(30)7-4-18-9-12-29(15-19(18)13-26(31)32)11-2-3-20-16-34-17-28-20/h5-6,8,10,14,16-19,25,30H,4,7,9,11-13,15H2,1H3,(H,31,32)/t18-,19+,25?/m1/s1. The topological polar surface area (TPSA) is 109 Å². The van der Waals surface area contributed by atoms with Gasteiger partial charge < -0.3 is 19.4 Å². The first-order chi connectivity index (χ1) is 16.5. The van der Waals surface area contributed by atoms with Gasteiger partial charge in [-0.2, -0.15) is 0 Å². The Morgan fingerprint density at radius 2 is 2.21 bits per heavy atom. The van der Waals surface area contributed by atoms with Crippen molar-refractivity contribution in [3.8, 4) is 17.6 Å². The highest BCUT2D eigenvalue weighted by Gasteiger charge is 2.31. The molecule has 8 heteroatoms. The summed E-state index contributed by atoms with van der Waals surface area (Å²) in [6.45, 7) is 2.08. The summed E-state index contributed by atoms with van der Waals surface area (Å²) >= 11 is 0. The number of carbonyl (C=O) groups is 1. The molecule has 3 heterocycles. The Kier molecular flexibility index (Phi) is 7.78. The quantitative estimate of drug-likeness (QED) is 0.489. The van der Waals surface area contributed by atoms with Crippen LogP contribution in [0.2, 0.25) is 0 Å². The van der Waals surface area contributed by atoms with Gasteiger partial charge in [-0.05, 0) is 73.4 Å². The number of piperidine rings is 1. The lowest BCUT2D eigenvalue weighted by molar-refractivity contribution is -0.139. The van der Waals surface area contributed by atoms with Crippen LogP contribution in [0.4, 0.5) is 0 Å². The third kappa shape index (κ3) is 5.93. The highest BCUT2D eigenvalue weighted by atomic mass is 16.5. The monoisotopic (exact) mass is 463 g/mol. The van der Waals surface area contributed by atoms with Gasteiger partial charge in [-0.1, -0.05) is 5.92 Å². The molecule has 0 radical (unpaired) electrons. The lowest BCUT2D eigenvalue weighted by Crippen LogP contribution is -2.41. The number of likely N-dealkylation sites (tertiary alicyclic amines) is 1. The number of carboxylic acid groups (broad SMARTS) is 1. The predicted molar refractivity (Wildman–Crippen MR) is 126 cm³/mol. The van der Waals surface area contributed by atoms with Gasteiger partial charge in [0.2, 0.25) is 0 Å². The number of benzene rings is 1. The molecular weight excluding hydrogens is 434 g/mol. The molecule has 2 N–H and O–H groups in total. The normalized spacial score (nSPS) is 19.4. The highest BCUT2D eigenvalue weighted by Crippen LogP contribution is 2.34. The number of ether oxygens (including phenoxy) is 1. The van der Waals surface area contributed by atoms with Crippen molar-refractivity contribution >= 4 is 16.9 Å². The van der Waals surface area contributed by atoms with Crippen LogP contribution in [0.15, 0.2) is 47.5 Å². The zero-order chi connectivity index (χ0) is 23.9. The molecule has 3 aromatic rings. The molecule has 0 amide bonds. The number of aromatic nitrogens is 2. The van der Waals surface area contributed by atoms with Gasteiger partial charge in [0.25, 0.3) is 0 Å². The van der Waals surface area contributed by atoms with E-state index in [1.54, 1.807) is 13.3 Å². The maximum absolute atomic E-state index is 11.5. The molecule has 0 aliphatic carbocycles. The molecule has 1 saturated heterocycles. The molecule has 8 nitrogen and oxygen atoms in total. The second-order valence-electron chi connectivity index (χ2n) is 8.69. The van der Waals surface area contributed by atoms with E-state index in [9.17, 15) is 15.0 Å². The lowest BCUT2D eigenvalue weighted by atomic mass is 9.79. The van der Waals surface area contributed by atoms with Crippen LogP contribution in [0.3, 0.4) is 0 Å². The zero-order valence-corrected chi connectivity index (χ0v) is 19.2. The van der Waals surface area contributed by atoms with Crippen LogP contribution in [0, 0.1) is 23.7 Å². The largest absolute Gasteiger partial charge is 0.497 e. The van der Waals surface area contributed by atoms with Crippen molar-refractivity contribution in [2.24, 2.45) is 11.8 Å². The molecule has 3 atom stereocenters. The first-order valence-corrected chi connectivity index (χ1v) is 11.5. The highest BCUT2D eigenvalue weighted by molar-refractivity contribution is 5.83. The average molecular weight is 464 g/mol. The number of rotatable bonds is 8. The molecule has 0 bridgehead atoms. The smallest absolute Gasteiger partial charge is 0.303 e. The SMILES string of the molecule is COc1ccc2nccc(C(O)CC[C@@H]3CCN(CC#Cc4cocn4)C[C@@H]3CC(=O)O)c2c1. The zero-order valence-electron chi connectivity index (χ0n) is 19.2. The molecule has 2 aromatic heterocycles. The summed E-state index contributed by atoms with van der Waals surface area (Å²) in [5.41, 5.74) is 2.22. The number of hydrogen-bond donors (Lipinski definition) is 2. The van der Waals surface area contributed by atoms with E-state index in [4.69, 9.17) is 9.15 Å². The fourth-order valence-corrected chi connectivity index (χ4v) is 4.74. The molecule has 0 spiro atoms. The van der Waals surface area contributed by atoms with Crippen molar-refractivity contribution in [1.82, 2.24) is 14.9 Å². The van der Waals surface area contributed by atoms with Gasteiger partial charge in [0, 0.05) is 24.5 Å². The lowest BCUT2D eigenvalue weighted by Gasteiger charge is -2.37. The predicted octanol–water partition coefficient (Wildman–Crippen LogP) is 3.51. The number of oxazole rings is 1. The molecule has 1 aliphatic rings. The second kappa shape index (κ2) is 11.1. The molecule has 1 aliphatic heterocycles. The van der Waals surface area contributed by atoms with Crippen LogP contribution in [0.25, 0.3) is 10.9 Å². The van der Waals surface area contributed by atoms with Gasteiger partial charge in [0.1, 0.15) is 12.0 Å². The van der Waals surface area contributed by atoms with E-state index in [1.165, 1.54) is 12.7 Å². The van der Waals surface area contributed by atoms with Gasteiger partial charge in [-0.15, -0.1) is 0 Å². The minimum absolute atomic E-state index is 0.0154. The number of hydrogen-bond acceptors (Lipinski definition) is 7. The van der Waals surface area contributed by atoms with E-state index >= 15 is 0 Å². The molecule has 0 saturated carbocycles. The third-order valence-electron chi connectivity index (χ3n) is 6.52. The van der Waals surface area contributed by atoms with Gasteiger partial charge in [-0.3, -0.25) is 14.7 Å². The summed E-state index contributed by atoms with van der Waals surface area (Å²) in [6, 6.07) is 7.48. The molecule has 1 aromatic carbocycles. The summed E-state index contributed by atoms with van der Waals surface area (Å²) in [5, 5.41) is 21.3. The fourth-order valence-electron chi connectivity index (χ4n) is 4.74. The van der Waals surface area contributed by atoms with Crippen molar-refractivity contribution in [2.45, 2.75) is 31.8 Å². The number of methoxy groups -OCH3 is 1. The molecular formula is C26H29N3O5. The van der Waals surface area contributed by atoms with Crippen LogP contribution in [-0.2, 0) is 4.79 Å². The molecule has 34 heavy (non-hydrogen) atoms. The van der Waals surface area contributed by atoms with E-state index in [2.05, 4.69) is 26.7 Å². The Hall–Kier alpha value is -3.41. The number of carboxylic acids is 1. The van der Waals surface area contributed by atoms with Crippen LogP contribution >= 0.6 is 0 Å². The summed E-state index contributed by atoms with van der Waals surface area (Å²) in [7, 11) is 1.61. The van der Waals surface area contributed by atoms with Gasteiger partial charge in [-0.25, -0.2) is 4.98 Å². The minimum atomic E-state index is -0.793. The van der Waals surface area contributed by atoms with Crippen LogP contribution in [-0.4, -0.2) is 57.8 Å². The number of fused-ring (bicyclic) bond motifs is 1. The van der Waals surface area contributed by atoms with Gasteiger partial charge in [0.05, 0.1) is 25.3 Å². The number of aliphatic hydroxyl groups excluding tert-OH is 1. The van der Waals surface area contributed by atoms with Crippen molar-refractivity contribution in [2.75, 3.05) is 26.7 Å². The number of pyridine rings is 1. The number of aliphatic hydroxyl groups is 1. The Labute approximate surface area is 198 Å². The number of nitrogens with zero attached hydrogens (tertiary/aromatic N) is 3. The first kappa shape index (κ1) is 23.7. The molecule has 1 unspecified atom stereocenters. The van der Waals surface area contributed by atoms with Gasteiger partial charge in [0.15, 0.2) is 12.1 Å². The van der Waals surface area contributed by atoms with E-state index in [0.29, 0.717) is 25.2 Å². The Morgan fingerprint density at radius 3 is 2.97 bits per heavy atom. The summed E-state index contributed by atoms with van der Waals surface area (Å²) in [5.74, 6) is 6.22. The van der Waals surface area contributed by atoms with Crippen molar-refractivity contribution in [1.29, 1.82) is 0 Å². The first-order valence-electron chi connectivity index (χ1n) is 11.5. The Bertz CT molecular complexity index is 1170. The van der Waals surface area contributed by atoms with Crippen molar-refractivity contribution < 1.29 is 24.2 Å². The summed E-state index contributed by atoms with van der Waals surface area (Å²) in [4.78, 5) is 22.1. The fraction of sp³-hybridized carbons (Fsp3) is 0.423. The summed E-state index contributed by atoms with van der Waals surface area (Å²) < 4.78 is 10.3. The summed E-state index contributed by atoms with van der Waals surface area (Å²) in [6.07, 6.45) is 6.20. The van der Waals surface area contributed by atoms with Crippen LogP contribution in [0.1, 0.15) is 43.0 Å².